The van der Waals surface area contributed by atoms with Gasteiger partial charge in [0.05, 0.1) is 26.2 Å². The number of esters is 1. The summed E-state index contributed by atoms with van der Waals surface area (Å²) in [6.07, 6.45) is 1.76. The van der Waals surface area contributed by atoms with Gasteiger partial charge in [-0.2, -0.15) is 0 Å². The van der Waals surface area contributed by atoms with Crippen LogP contribution in [0.25, 0.3) is 0 Å². The second-order valence-electron chi connectivity index (χ2n) is 7.40. The van der Waals surface area contributed by atoms with Gasteiger partial charge >= 0.3 is 5.97 Å². The Balaban J connectivity index is 2.04. The van der Waals surface area contributed by atoms with Crippen LogP contribution in [0.1, 0.15) is 27.2 Å². The topological polar surface area (TPSA) is 76.0 Å². The Labute approximate surface area is 138 Å². The standard InChI is InChI=1S/C17H30NO5/c1-11(2)17(21,12(3)22-5)16(20)23-10-13-6-8-18(4)9-7-14(19)15(13)18/h6,11-12,14-15,19,21H,7-10H2,1-5H3/q+1/t12-,14-,15-,17+,18?/m1/s1. The zero-order valence-electron chi connectivity index (χ0n) is 14.8. The molecule has 0 bridgehead atoms. The monoisotopic (exact) mass is 328 g/mol. The minimum Gasteiger partial charge on any atom is -0.459 e. The molecule has 0 spiro atoms. The lowest BCUT2D eigenvalue weighted by molar-refractivity contribution is -0.906. The second kappa shape index (κ2) is 6.51. The maximum absolute atomic E-state index is 12.5. The van der Waals surface area contributed by atoms with Gasteiger partial charge in [-0.15, -0.1) is 0 Å². The van der Waals surface area contributed by atoms with Gasteiger partial charge in [0.15, 0.2) is 5.60 Å². The van der Waals surface area contributed by atoms with Crippen LogP contribution in [0.4, 0.5) is 0 Å². The molecule has 2 N–H and O–H groups in total. The molecule has 6 nitrogen and oxygen atoms in total. The molecule has 1 saturated heterocycles. The summed E-state index contributed by atoms with van der Waals surface area (Å²) in [4.78, 5) is 12.5. The predicted molar refractivity (Wildman–Crippen MR) is 85.6 cm³/mol. The Morgan fingerprint density at radius 3 is 2.70 bits per heavy atom. The van der Waals surface area contributed by atoms with Crippen molar-refractivity contribution in [2.24, 2.45) is 5.92 Å². The zero-order chi connectivity index (χ0) is 17.4. The Morgan fingerprint density at radius 1 is 1.48 bits per heavy atom. The van der Waals surface area contributed by atoms with Gasteiger partial charge in [-0.05, 0) is 18.9 Å². The third-order valence-electron chi connectivity index (χ3n) is 5.67. The van der Waals surface area contributed by atoms with Crippen molar-refractivity contribution in [3.8, 4) is 0 Å². The number of carbonyl (C=O) groups excluding carboxylic acids is 1. The molecule has 0 aliphatic carbocycles. The molecule has 0 saturated carbocycles. The number of quaternary nitrogens is 1. The Morgan fingerprint density at radius 2 is 2.13 bits per heavy atom. The molecule has 2 aliphatic heterocycles. The summed E-state index contributed by atoms with van der Waals surface area (Å²) in [5.74, 6) is -1.00. The van der Waals surface area contributed by atoms with Gasteiger partial charge in [-0.3, -0.25) is 0 Å². The Bertz CT molecular complexity index is 491. The minimum absolute atomic E-state index is 0.00482. The average molecular weight is 328 g/mol. The fraction of sp³-hybridized carbons (Fsp3) is 0.824. The van der Waals surface area contributed by atoms with Crippen molar-refractivity contribution < 1.29 is 29.0 Å². The Kier molecular flexibility index (Phi) is 5.21. The van der Waals surface area contributed by atoms with E-state index >= 15 is 0 Å². The van der Waals surface area contributed by atoms with Crippen LogP contribution in [0.5, 0.6) is 0 Å². The third kappa shape index (κ3) is 3.05. The number of hydrogen-bond acceptors (Lipinski definition) is 5. The van der Waals surface area contributed by atoms with Crippen molar-refractivity contribution >= 4 is 5.97 Å². The number of aliphatic hydroxyl groups is 2. The highest BCUT2D eigenvalue weighted by Gasteiger charge is 2.51. The molecule has 2 aliphatic rings. The molecule has 0 radical (unpaired) electrons. The molecule has 0 aromatic heterocycles. The van der Waals surface area contributed by atoms with E-state index in [4.69, 9.17) is 9.47 Å². The van der Waals surface area contributed by atoms with Gasteiger partial charge < -0.3 is 24.2 Å². The van der Waals surface area contributed by atoms with Crippen LogP contribution in [-0.4, -0.2) is 78.4 Å². The smallest absolute Gasteiger partial charge is 0.341 e. The van der Waals surface area contributed by atoms with Crippen LogP contribution >= 0.6 is 0 Å². The molecule has 132 valence electrons. The zero-order valence-corrected chi connectivity index (χ0v) is 14.8. The maximum Gasteiger partial charge on any atom is 0.341 e. The molecule has 0 aromatic rings. The van der Waals surface area contributed by atoms with E-state index in [2.05, 4.69) is 13.1 Å². The van der Waals surface area contributed by atoms with E-state index in [0.717, 1.165) is 29.6 Å². The number of fused-ring (bicyclic) bond motifs is 1. The van der Waals surface area contributed by atoms with Crippen molar-refractivity contribution in [2.45, 2.75) is 51.0 Å². The van der Waals surface area contributed by atoms with Crippen molar-refractivity contribution in [3.05, 3.63) is 11.6 Å². The van der Waals surface area contributed by atoms with Gasteiger partial charge in [0.2, 0.25) is 0 Å². The number of nitrogens with zero attached hydrogens (tertiary/aromatic N) is 1. The van der Waals surface area contributed by atoms with Gasteiger partial charge in [0, 0.05) is 19.1 Å². The first kappa shape index (κ1) is 18.4. The number of ether oxygens (including phenoxy) is 2. The van der Waals surface area contributed by atoms with Crippen molar-refractivity contribution in [2.75, 3.05) is 33.9 Å². The van der Waals surface area contributed by atoms with Crippen LogP contribution in [-0.2, 0) is 14.3 Å². The normalized spacial score (nSPS) is 34.0. The van der Waals surface area contributed by atoms with Crippen LogP contribution in [0.3, 0.4) is 0 Å². The molecular weight excluding hydrogens is 298 g/mol. The average Bonchev–Trinajstić information content (AvgIpc) is 2.99. The van der Waals surface area contributed by atoms with E-state index in [0.29, 0.717) is 0 Å². The van der Waals surface area contributed by atoms with E-state index in [9.17, 15) is 15.0 Å². The van der Waals surface area contributed by atoms with Crippen molar-refractivity contribution in [3.63, 3.8) is 0 Å². The van der Waals surface area contributed by atoms with E-state index in [1.807, 2.05) is 0 Å². The second-order valence-corrected chi connectivity index (χ2v) is 7.40. The summed E-state index contributed by atoms with van der Waals surface area (Å²) in [5, 5.41) is 20.9. The molecule has 6 heteroatoms. The van der Waals surface area contributed by atoms with Crippen LogP contribution in [0, 0.1) is 5.92 Å². The quantitative estimate of drug-likeness (QED) is 0.421. The lowest BCUT2D eigenvalue weighted by Crippen LogP contribution is -2.54. The first-order valence-electron chi connectivity index (χ1n) is 8.30. The lowest BCUT2D eigenvalue weighted by atomic mass is 9.85. The summed E-state index contributed by atoms with van der Waals surface area (Å²) in [6.45, 7) is 7.07. The van der Waals surface area contributed by atoms with E-state index < -0.39 is 23.8 Å². The number of aliphatic hydroxyl groups excluding tert-OH is 1. The minimum atomic E-state index is -1.68. The van der Waals surface area contributed by atoms with E-state index in [1.54, 1.807) is 20.8 Å². The molecule has 5 atom stereocenters. The van der Waals surface area contributed by atoms with Crippen LogP contribution in [0.2, 0.25) is 0 Å². The van der Waals surface area contributed by atoms with E-state index in [-0.39, 0.29) is 18.6 Å². The number of likely N-dealkylation sites (N-methyl/N-ethyl adjacent to an activating group) is 1. The predicted octanol–water partition coefficient (Wildman–Crippen LogP) is 0.471. The molecule has 1 fully saturated rings. The lowest BCUT2D eigenvalue weighted by Gasteiger charge is -2.35. The van der Waals surface area contributed by atoms with Crippen molar-refractivity contribution in [1.82, 2.24) is 0 Å². The van der Waals surface area contributed by atoms with Crippen LogP contribution < -0.4 is 0 Å². The first-order chi connectivity index (χ1) is 10.7. The molecule has 1 unspecified atom stereocenters. The SMILES string of the molecule is CO[C@H](C)[C@](O)(C(=O)OCC1=CC[N+]2(C)CC[C@@H](O)[C@@H]12)C(C)C. The maximum atomic E-state index is 12.5. The molecule has 2 heterocycles. The number of hydrogen-bond donors (Lipinski definition) is 2. The van der Waals surface area contributed by atoms with Crippen LogP contribution in [0.15, 0.2) is 11.6 Å². The highest BCUT2D eigenvalue weighted by molar-refractivity contribution is 5.80. The molecule has 23 heavy (non-hydrogen) atoms. The van der Waals surface area contributed by atoms with Gasteiger partial charge in [-0.25, -0.2) is 4.79 Å². The first-order valence-corrected chi connectivity index (χ1v) is 8.30. The summed E-state index contributed by atoms with van der Waals surface area (Å²) >= 11 is 0. The molecule has 0 aromatic carbocycles. The van der Waals surface area contributed by atoms with Gasteiger partial charge in [-0.1, -0.05) is 13.8 Å². The number of carbonyl (C=O) groups is 1. The number of rotatable bonds is 6. The van der Waals surface area contributed by atoms with Gasteiger partial charge in [0.25, 0.3) is 0 Å². The van der Waals surface area contributed by atoms with Gasteiger partial charge in [0.1, 0.15) is 18.8 Å². The largest absolute Gasteiger partial charge is 0.459 e. The summed E-state index contributed by atoms with van der Waals surface area (Å²) in [7, 11) is 3.58. The Hall–Kier alpha value is -0.950. The fourth-order valence-electron chi connectivity index (χ4n) is 3.90. The van der Waals surface area contributed by atoms with E-state index in [1.165, 1.54) is 7.11 Å². The summed E-state index contributed by atoms with van der Waals surface area (Å²) in [6, 6.07) is -0.00482. The molecule has 2 rings (SSSR count). The highest BCUT2D eigenvalue weighted by Crippen LogP contribution is 2.35. The third-order valence-corrected chi connectivity index (χ3v) is 5.67. The summed E-state index contributed by atoms with van der Waals surface area (Å²) < 4.78 is 11.4. The fourth-order valence-corrected chi connectivity index (χ4v) is 3.90. The molecular formula is C17H30NO5+. The molecule has 0 amide bonds. The van der Waals surface area contributed by atoms with Crippen molar-refractivity contribution in [1.29, 1.82) is 0 Å². The summed E-state index contributed by atoms with van der Waals surface area (Å²) in [5.41, 5.74) is -0.734. The number of methoxy groups -OCH3 is 1. The highest BCUT2D eigenvalue weighted by atomic mass is 16.6.